The molecule has 0 N–H and O–H groups in total. The van der Waals surface area contributed by atoms with Crippen molar-refractivity contribution in [1.82, 2.24) is 0 Å². The number of rotatable bonds is 0. The van der Waals surface area contributed by atoms with E-state index in [4.69, 9.17) is 17.1 Å². The van der Waals surface area contributed by atoms with E-state index >= 15 is 0 Å². The molecule has 0 unspecified atom stereocenters. The van der Waals surface area contributed by atoms with Gasteiger partial charge < -0.3 is 0 Å². The fraction of sp³-hybridized carbons (Fsp3) is 0. The van der Waals surface area contributed by atoms with Crippen LogP contribution in [0.1, 0.15) is 0 Å². The van der Waals surface area contributed by atoms with E-state index in [1.807, 2.05) is 0 Å². The summed E-state index contributed by atoms with van der Waals surface area (Å²) in [6.07, 6.45) is 0. The maximum Gasteiger partial charge on any atom is 0 e. The first-order valence-electron chi connectivity index (χ1n) is 0.655. The quantitative estimate of drug-likeness (QED) is 0.441. The molecule has 6 heavy (non-hydrogen) atoms. The zero-order chi connectivity index (χ0) is 3.58. The van der Waals surface area contributed by atoms with Gasteiger partial charge in [-0.1, -0.05) is 0 Å². The molecule has 0 aliphatic heterocycles. The topological polar surface area (TPSA) is 0 Å². The summed E-state index contributed by atoms with van der Waals surface area (Å²) in [4.78, 5) is 0. The molecule has 0 aromatic heterocycles. The zero-order valence-electron chi connectivity index (χ0n) is 2.62. The molecule has 0 aliphatic carbocycles. The Morgan fingerprint density at radius 1 is 1.00 bits per heavy atom. The third kappa shape index (κ3) is 23.1. The van der Waals surface area contributed by atoms with Crippen LogP contribution in [0, 0.1) is 112 Å². The number of hydrogen-bond donors (Lipinski definition) is 0. The summed E-state index contributed by atoms with van der Waals surface area (Å²) >= 11 is -2.31. The minimum absolute atomic E-state index is 0. The predicted octanol–water partition coefficient (Wildman–Crippen LogP) is 2.07. The molecule has 34 valence electrons. The van der Waals surface area contributed by atoms with E-state index in [0.29, 0.717) is 0 Å². The standard InChI is InChI=1S/3ClH.Nd.Pr.Sm/h3*1H;;;/q;;;;+3;/p-3. The molecule has 0 radical (unpaired) electrons. The van der Waals surface area contributed by atoms with Gasteiger partial charge in [0.05, 0.1) is 0 Å². The third-order valence-corrected chi connectivity index (χ3v) is 0. The minimum atomic E-state index is -2.31. The van der Waals surface area contributed by atoms with Crippen LogP contribution in [0.3, 0.4) is 0 Å². The SMILES string of the molecule is [Cl][Pr]([Cl])[Cl].[Nd].[Sm]. The molecule has 0 heterocycles. The largest absolute Gasteiger partial charge is 0 e. The Balaban J connectivity index is -0.0000000450. The summed E-state index contributed by atoms with van der Waals surface area (Å²) in [6, 6.07) is 0. The van der Waals surface area contributed by atoms with Crippen molar-refractivity contribution in [3.05, 3.63) is 0 Å². The second-order valence-electron chi connectivity index (χ2n) is 0.247. The molecular formula is Cl3NdPrSm. The molecule has 0 spiro atoms. The van der Waals surface area contributed by atoms with E-state index in [1.54, 1.807) is 0 Å². The smallest absolute Gasteiger partial charge is 0 e. The molecule has 0 nitrogen and oxygen atoms in total. The van der Waals surface area contributed by atoms with Crippen LogP contribution in [0.5, 0.6) is 0 Å². The van der Waals surface area contributed by atoms with Gasteiger partial charge in [0.15, 0.2) is 0 Å². The molecule has 0 saturated carbocycles. The van der Waals surface area contributed by atoms with Crippen LogP contribution in [0.2, 0.25) is 0 Å². The van der Waals surface area contributed by atoms with Crippen LogP contribution in [-0.4, -0.2) is 0 Å². The summed E-state index contributed by atoms with van der Waals surface area (Å²) in [5.74, 6) is 0. The Bertz CT molecular complexity index is 15.5. The molecule has 0 atom stereocenters. The van der Waals surface area contributed by atoms with Gasteiger partial charge in [-0.2, -0.15) is 0 Å². The summed E-state index contributed by atoms with van der Waals surface area (Å²) in [5.41, 5.74) is 15.1. The molecule has 6 heteroatoms. The number of halogens is 3. The van der Waals surface area contributed by atoms with E-state index in [-0.39, 0.29) is 81.2 Å². The van der Waals surface area contributed by atoms with Crippen LogP contribution in [0.15, 0.2) is 0 Å². The average Bonchev–Trinajstić information content (AvgIpc) is 0.811. The minimum Gasteiger partial charge on any atom is 0 e. The van der Waals surface area contributed by atoms with Crippen molar-refractivity contribution >= 4 is 17.1 Å². The molecule has 0 amide bonds. The average molecular weight is 542 g/mol. The first kappa shape index (κ1) is 17.1. The molecule has 0 saturated heterocycles. The van der Waals surface area contributed by atoms with Crippen LogP contribution in [0.25, 0.3) is 0 Å². The monoisotopic (exact) mass is 540 g/mol. The first-order chi connectivity index (χ1) is 1.73. The van der Waals surface area contributed by atoms with Crippen molar-refractivity contribution in [2.75, 3.05) is 0 Å². The molecule has 0 bridgehead atoms. The van der Waals surface area contributed by atoms with E-state index in [2.05, 4.69) is 0 Å². The summed E-state index contributed by atoms with van der Waals surface area (Å²) in [7, 11) is 0. The van der Waals surface area contributed by atoms with E-state index in [1.165, 1.54) is 0 Å². The van der Waals surface area contributed by atoms with Crippen molar-refractivity contribution in [3.63, 3.8) is 0 Å². The fourth-order valence-corrected chi connectivity index (χ4v) is 0. The molecule has 0 fully saturated rings. The third-order valence-electron chi connectivity index (χ3n) is 0. The second kappa shape index (κ2) is 12.6. The normalized spacial score (nSPS) is 4.50. The van der Waals surface area contributed by atoms with Gasteiger partial charge in [-0.05, 0) is 0 Å². The number of hydrogen-bond acceptors (Lipinski definition) is 0. The zero-order valence-corrected chi connectivity index (χ0v) is 14.4. The molecule has 0 aromatic carbocycles. The molecule has 0 aliphatic rings. The Hall–Kier alpha value is 4.92. The van der Waals surface area contributed by atoms with Crippen LogP contribution in [-0.2, 0) is 0 Å². The summed E-state index contributed by atoms with van der Waals surface area (Å²) in [5, 5.41) is 0. The first-order valence-corrected chi connectivity index (χ1v) is 14.6. The van der Waals surface area contributed by atoms with Gasteiger partial charge >= 0.3 is 47.4 Å². The maximum absolute atomic E-state index is 5.03. The van der Waals surface area contributed by atoms with E-state index < -0.39 is 30.3 Å². The maximum atomic E-state index is 5.03. The fourth-order valence-electron chi connectivity index (χ4n) is 0. The van der Waals surface area contributed by atoms with Gasteiger partial charge in [-0.3, -0.25) is 0 Å². The Kier molecular flexibility index (Phi) is 35.9. The van der Waals surface area contributed by atoms with Gasteiger partial charge in [0, 0.05) is 81.2 Å². The Labute approximate surface area is 124 Å². The summed E-state index contributed by atoms with van der Waals surface area (Å²) < 4.78 is 0. The van der Waals surface area contributed by atoms with Crippen molar-refractivity contribution in [2.45, 2.75) is 0 Å². The Morgan fingerprint density at radius 3 is 1.00 bits per heavy atom. The van der Waals surface area contributed by atoms with E-state index in [0.717, 1.165) is 0 Å². The predicted molar refractivity (Wildman–Crippen MR) is 17.6 cm³/mol. The molecule has 0 aromatic rings. The summed E-state index contributed by atoms with van der Waals surface area (Å²) in [6.45, 7) is 0. The van der Waals surface area contributed by atoms with Crippen LogP contribution >= 0.6 is 17.1 Å². The molecule has 0 rings (SSSR count). The van der Waals surface area contributed by atoms with E-state index in [9.17, 15) is 0 Å². The van der Waals surface area contributed by atoms with Gasteiger partial charge in [0.2, 0.25) is 0 Å². The van der Waals surface area contributed by atoms with Gasteiger partial charge in [0.25, 0.3) is 0 Å². The van der Waals surface area contributed by atoms with Gasteiger partial charge in [0.1, 0.15) is 0 Å². The second-order valence-corrected chi connectivity index (χ2v) is 16.5. The van der Waals surface area contributed by atoms with Crippen LogP contribution < -0.4 is 0 Å². The van der Waals surface area contributed by atoms with Gasteiger partial charge in [-0.15, -0.1) is 0 Å². The van der Waals surface area contributed by atoms with Crippen molar-refractivity contribution < 1.29 is 112 Å². The van der Waals surface area contributed by atoms with Crippen LogP contribution in [0.4, 0.5) is 0 Å². The van der Waals surface area contributed by atoms with Gasteiger partial charge in [-0.25, -0.2) is 0 Å². The van der Waals surface area contributed by atoms with Crippen molar-refractivity contribution in [3.8, 4) is 0 Å². The van der Waals surface area contributed by atoms with Crippen molar-refractivity contribution in [2.24, 2.45) is 0 Å². The molecular weight excluding hydrogens is 542 g/mol. The Morgan fingerprint density at radius 2 is 1.00 bits per heavy atom. The van der Waals surface area contributed by atoms with Crippen molar-refractivity contribution in [1.29, 1.82) is 0 Å².